The van der Waals surface area contributed by atoms with E-state index in [1.807, 2.05) is 6.92 Å². The van der Waals surface area contributed by atoms with Gasteiger partial charge in [0.1, 0.15) is 5.25 Å². The normalized spacial score (nSPS) is 13.3. The molecule has 0 spiro atoms. The minimum absolute atomic E-state index is 0.149. The molecule has 10 heteroatoms. The molecule has 26 heavy (non-hydrogen) atoms. The van der Waals surface area contributed by atoms with Gasteiger partial charge >= 0.3 is 5.97 Å². The number of fused-ring (bicyclic) bond motifs is 1. The van der Waals surface area contributed by atoms with E-state index in [0.29, 0.717) is 39.6 Å². The third-order valence-electron chi connectivity index (χ3n) is 3.43. The summed E-state index contributed by atoms with van der Waals surface area (Å²) in [7, 11) is 0. The van der Waals surface area contributed by atoms with E-state index in [-0.39, 0.29) is 23.9 Å². The second-order valence-corrected chi connectivity index (χ2v) is 7.59. The molecular formula is C16H17N3O5S2. The van der Waals surface area contributed by atoms with Crippen LogP contribution in [0.15, 0.2) is 22.5 Å². The number of carbonyl (C=O) groups excluding carboxylic acids is 2. The van der Waals surface area contributed by atoms with Gasteiger partial charge in [-0.25, -0.2) is 0 Å². The second-order valence-electron chi connectivity index (χ2n) is 5.16. The number of carbonyl (C=O) groups is 2. The summed E-state index contributed by atoms with van der Waals surface area (Å²) in [5.41, 5.74) is 0.427. The number of aromatic nitrogens is 2. The molecule has 1 aliphatic heterocycles. The average molecular weight is 395 g/mol. The molecule has 138 valence electrons. The zero-order chi connectivity index (χ0) is 18.5. The van der Waals surface area contributed by atoms with Gasteiger partial charge in [0.15, 0.2) is 15.8 Å². The first-order valence-electron chi connectivity index (χ1n) is 7.98. The molecule has 0 saturated heterocycles. The van der Waals surface area contributed by atoms with Crippen molar-refractivity contribution in [1.82, 2.24) is 10.2 Å². The fourth-order valence-electron chi connectivity index (χ4n) is 2.17. The number of amides is 1. The quantitative estimate of drug-likeness (QED) is 0.434. The third kappa shape index (κ3) is 4.25. The van der Waals surface area contributed by atoms with Crippen LogP contribution in [-0.2, 0) is 9.53 Å². The van der Waals surface area contributed by atoms with Crippen molar-refractivity contribution in [3.05, 3.63) is 23.8 Å². The van der Waals surface area contributed by atoms with Crippen LogP contribution < -0.4 is 14.8 Å². The number of hydrogen-bond donors (Lipinski definition) is 1. The molecule has 1 atom stereocenters. The molecule has 0 radical (unpaired) electrons. The summed E-state index contributed by atoms with van der Waals surface area (Å²) in [4.78, 5) is 24.2. The highest BCUT2D eigenvalue weighted by Gasteiger charge is 2.22. The maximum atomic E-state index is 12.3. The lowest BCUT2D eigenvalue weighted by Gasteiger charge is -2.10. The first-order valence-corrected chi connectivity index (χ1v) is 9.68. The molecule has 1 amide bonds. The summed E-state index contributed by atoms with van der Waals surface area (Å²) >= 11 is 2.48. The van der Waals surface area contributed by atoms with Crippen molar-refractivity contribution >= 4 is 40.1 Å². The minimum Gasteiger partial charge on any atom is -0.465 e. The molecule has 0 bridgehead atoms. The van der Waals surface area contributed by atoms with E-state index in [4.69, 9.17) is 14.2 Å². The summed E-state index contributed by atoms with van der Waals surface area (Å²) in [6, 6.07) is 4.94. The molecule has 1 aliphatic rings. The van der Waals surface area contributed by atoms with Crippen molar-refractivity contribution in [3.8, 4) is 11.5 Å². The van der Waals surface area contributed by atoms with Gasteiger partial charge < -0.3 is 14.2 Å². The summed E-state index contributed by atoms with van der Waals surface area (Å²) < 4.78 is 16.1. The number of esters is 1. The third-order valence-corrected chi connectivity index (χ3v) is 5.69. The molecule has 0 aliphatic carbocycles. The maximum absolute atomic E-state index is 12.3. The van der Waals surface area contributed by atoms with Crippen LogP contribution in [0, 0.1) is 0 Å². The molecule has 1 aromatic carbocycles. The molecule has 0 saturated carbocycles. The number of rotatable bonds is 7. The van der Waals surface area contributed by atoms with Crippen molar-refractivity contribution < 1.29 is 23.8 Å². The first-order chi connectivity index (χ1) is 12.6. The number of thioether (sulfide) groups is 1. The molecule has 3 rings (SSSR count). The SMILES string of the molecule is CCOC(=O)[C@H](CC)Sc1nnc(NC(=O)c2ccc3c(c2)OCO3)s1. The molecular weight excluding hydrogens is 378 g/mol. The van der Waals surface area contributed by atoms with E-state index >= 15 is 0 Å². The van der Waals surface area contributed by atoms with E-state index in [2.05, 4.69) is 15.5 Å². The minimum atomic E-state index is -0.347. The standard InChI is InChI=1S/C16H17N3O5S2/c1-3-12(14(21)22-4-2)25-16-19-18-15(26-16)17-13(20)9-5-6-10-11(7-9)24-8-23-10/h5-7,12H,3-4,8H2,1-2H3,(H,17,18,20)/t12-/m0/s1. The smallest absolute Gasteiger partial charge is 0.319 e. The van der Waals surface area contributed by atoms with Crippen LogP contribution >= 0.6 is 23.1 Å². The van der Waals surface area contributed by atoms with E-state index in [1.54, 1.807) is 25.1 Å². The predicted octanol–water partition coefficient (Wildman–Crippen LogP) is 2.95. The Morgan fingerprint density at radius 3 is 2.88 bits per heavy atom. The van der Waals surface area contributed by atoms with Gasteiger partial charge in [-0.3, -0.25) is 14.9 Å². The zero-order valence-electron chi connectivity index (χ0n) is 14.2. The number of ether oxygens (including phenoxy) is 3. The van der Waals surface area contributed by atoms with Crippen molar-refractivity contribution in [2.75, 3.05) is 18.7 Å². The topological polar surface area (TPSA) is 99.6 Å². The van der Waals surface area contributed by atoms with Crippen molar-refractivity contribution in [3.63, 3.8) is 0 Å². The Morgan fingerprint density at radius 1 is 1.31 bits per heavy atom. The summed E-state index contributed by atoms with van der Waals surface area (Å²) in [6.45, 7) is 4.15. The molecule has 8 nitrogen and oxygen atoms in total. The van der Waals surface area contributed by atoms with Gasteiger partial charge in [-0.05, 0) is 31.5 Å². The summed E-state index contributed by atoms with van der Waals surface area (Å²) in [5.74, 6) is 0.543. The Morgan fingerprint density at radius 2 is 2.12 bits per heavy atom. The van der Waals surface area contributed by atoms with Crippen LogP contribution in [0.1, 0.15) is 30.6 Å². The van der Waals surface area contributed by atoms with E-state index in [9.17, 15) is 9.59 Å². The van der Waals surface area contributed by atoms with Crippen molar-refractivity contribution in [2.24, 2.45) is 0 Å². The Labute approximate surface area is 158 Å². The second kappa shape index (κ2) is 8.37. The summed E-state index contributed by atoms with van der Waals surface area (Å²) in [6.07, 6.45) is 0.613. The lowest BCUT2D eigenvalue weighted by molar-refractivity contribution is -0.142. The fraction of sp³-hybridized carbons (Fsp3) is 0.375. The Balaban J connectivity index is 1.62. The van der Waals surface area contributed by atoms with Crippen LogP contribution in [0.25, 0.3) is 0 Å². The molecule has 1 aromatic heterocycles. The molecule has 0 fully saturated rings. The largest absolute Gasteiger partial charge is 0.465 e. The number of nitrogens with one attached hydrogen (secondary N) is 1. The maximum Gasteiger partial charge on any atom is 0.319 e. The highest BCUT2D eigenvalue weighted by atomic mass is 32.2. The van der Waals surface area contributed by atoms with Gasteiger partial charge in [-0.15, -0.1) is 10.2 Å². The van der Waals surface area contributed by atoms with Crippen molar-refractivity contribution in [1.29, 1.82) is 0 Å². The molecule has 1 N–H and O–H groups in total. The number of anilines is 1. The van der Waals surface area contributed by atoms with Crippen LogP contribution in [0.3, 0.4) is 0 Å². The summed E-state index contributed by atoms with van der Waals surface area (Å²) in [5, 5.41) is 10.7. The molecule has 2 aromatic rings. The monoisotopic (exact) mass is 395 g/mol. The lowest BCUT2D eigenvalue weighted by Crippen LogP contribution is -2.19. The predicted molar refractivity (Wildman–Crippen MR) is 97.0 cm³/mol. The van der Waals surface area contributed by atoms with Crippen LogP contribution in [-0.4, -0.2) is 40.7 Å². The van der Waals surface area contributed by atoms with Gasteiger partial charge in [-0.1, -0.05) is 30.0 Å². The highest BCUT2D eigenvalue weighted by molar-refractivity contribution is 8.02. The molecule has 2 heterocycles. The average Bonchev–Trinajstić information content (AvgIpc) is 3.28. The van der Waals surface area contributed by atoms with Crippen LogP contribution in [0.4, 0.5) is 5.13 Å². The van der Waals surface area contributed by atoms with Crippen molar-refractivity contribution in [2.45, 2.75) is 29.9 Å². The molecule has 0 unspecified atom stereocenters. The van der Waals surface area contributed by atoms with Gasteiger partial charge in [0.2, 0.25) is 11.9 Å². The number of hydrogen-bond acceptors (Lipinski definition) is 9. The van der Waals surface area contributed by atoms with Gasteiger partial charge in [0, 0.05) is 5.56 Å². The van der Waals surface area contributed by atoms with Crippen LogP contribution in [0.5, 0.6) is 11.5 Å². The Hall–Kier alpha value is -2.33. The number of nitrogens with zero attached hydrogens (tertiary/aromatic N) is 2. The number of benzene rings is 1. The van der Waals surface area contributed by atoms with E-state index < -0.39 is 0 Å². The van der Waals surface area contributed by atoms with Crippen LogP contribution in [0.2, 0.25) is 0 Å². The Bertz CT molecular complexity index is 811. The van der Waals surface area contributed by atoms with Gasteiger partial charge in [-0.2, -0.15) is 0 Å². The highest BCUT2D eigenvalue weighted by Crippen LogP contribution is 2.33. The Kier molecular flexibility index (Phi) is 5.94. The van der Waals surface area contributed by atoms with Gasteiger partial charge in [0.05, 0.1) is 6.61 Å². The fourth-order valence-corrected chi connectivity index (χ4v) is 4.08. The lowest BCUT2D eigenvalue weighted by atomic mass is 10.2. The van der Waals surface area contributed by atoms with E-state index in [1.165, 1.54) is 23.1 Å². The van der Waals surface area contributed by atoms with Gasteiger partial charge in [0.25, 0.3) is 5.91 Å². The zero-order valence-corrected chi connectivity index (χ0v) is 15.8. The van der Waals surface area contributed by atoms with E-state index in [0.717, 1.165) is 0 Å². The first kappa shape index (κ1) is 18.5.